The monoisotopic (exact) mass is 328 g/mol. The van der Waals surface area contributed by atoms with Crippen LogP contribution in [0.5, 0.6) is 0 Å². The van der Waals surface area contributed by atoms with Crippen molar-refractivity contribution in [3.63, 3.8) is 0 Å². The largest absolute Gasteiger partial charge is 0.351 e. The number of aromatic nitrogens is 2. The van der Waals surface area contributed by atoms with E-state index in [4.69, 9.17) is 0 Å². The third-order valence-electron chi connectivity index (χ3n) is 3.86. The van der Waals surface area contributed by atoms with Crippen LogP contribution in [-0.2, 0) is 18.4 Å². The average molecular weight is 328 g/mol. The number of amides is 1. The zero-order valence-corrected chi connectivity index (χ0v) is 15.0. The second-order valence-corrected chi connectivity index (χ2v) is 6.48. The molecule has 0 aliphatic carbocycles. The highest BCUT2D eigenvalue weighted by molar-refractivity contribution is 5.81. The van der Waals surface area contributed by atoms with Gasteiger partial charge in [-0.1, -0.05) is 45.4 Å². The maximum atomic E-state index is 12.4. The van der Waals surface area contributed by atoms with E-state index in [1.54, 1.807) is 4.68 Å². The Bertz CT molecular complexity index is 663. The molecule has 1 aromatic heterocycles. The summed E-state index contributed by atoms with van der Waals surface area (Å²) in [7, 11) is 1.91. The summed E-state index contributed by atoms with van der Waals surface area (Å²) in [4.78, 5) is 12.4. The van der Waals surface area contributed by atoms with Crippen molar-refractivity contribution < 1.29 is 4.79 Å². The quantitative estimate of drug-likeness (QED) is 0.783. The van der Waals surface area contributed by atoms with Crippen LogP contribution in [0.15, 0.2) is 36.7 Å². The van der Waals surface area contributed by atoms with Crippen LogP contribution in [0.4, 0.5) is 0 Å². The highest BCUT2D eigenvalue weighted by Crippen LogP contribution is 2.19. The molecular formula is C19H28N4O. The van der Waals surface area contributed by atoms with E-state index in [9.17, 15) is 4.79 Å². The first-order chi connectivity index (χ1) is 11.5. The molecule has 1 aromatic carbocycles. The molecule has 0 saturated heterocycles. The van der Waals surface area contributed by atoms with Gasteiger partial charge in [-0.3, -0.25) is 9.48 Å². The molecule has 1 heterocycles. The number of nitrogens with one attached hydrogen (secondary N) is 2. The van der Waals surface area contributed by atoms with E-state index in [1.165, 1.54) is 0 Å². The van der Waals surface area contributed by atoms with Crippen LogP contribution >= 0.6 is 0 Å². The molecule has 5 heteroatoms. The molecule has 0 aliphatic rings. The fraction of sp³-hybridized carbons (Fsp3) is 0.474. The smallest absolute Gasteiger partial charge is 0.237 e. The molecule has 2 rings (SSSR count). The summed E-state index contributed by atoms with van der Waals surface area (Å²) in [6.45, 7) is 6.76. The van der Waals surface area contributed by atoms with Crippen molar-refractivity contribution in [3.05, 3.63) is 42.2 Å². The van der Waals surface area contributed by atoms with Gasteiger partial charge < -0.3 is 10.6 Å². The SMILES string of the molecule is CCCC(NC(C)C)C(=O)NCc1cccc(-c2cnn(C)c2)c1. The van der Waals surface area contributed by atoms with E-state index < -0.39 is 0 Å². The van der Waals surface area contributed by atoms with Gasteiger partial charge in [0, 0.05) is 31.4 Å². The van der Waals surface area contributed by atoms with E-state index in [0.717, 1.165) is 29.5 Å². The molecule has 0 radical (unpaired) electrons. The molecule has 2 N–H and O–H groups in total. The Morgan fingerprint density at radius 2 is 2.08 bits per heavy atom. The Labute approximate surface area is 144 Å². The second-order valence-electron chi connectivity index (χ2n) is 6.48. The lowest BCUT2D eigenvalue weighted by molar-refractivity contribution is -0.123. The maximum Gasteiger partial charge on any atom is 0.237 e. The first-order valence-electron chi connectivity index (χ1n) is 8.61. The van der Waals surface area contributed by atoms with Crippen molar-refractivity contribution in [3.8, 4) is 11.1 Å². The molecule has 130 valence electrons. The highest BCUT2D eigenvalue weighted by Gasteiger charge is 2.17. The Balaban J connectivity index is 1.99. The summed E-state index contributed by atoms with van der Waals surface area (Å²) in [5.41, 5.74) is 3.28. The summed E-state index contributed by atoms with van der Waals surface area (Å²) in [6.07, 6.45) is 5.66. The van der Waals surface area contributed by atoms with Gasteiger partial charge in [0.1, 0.15) is 0 Å². The van der Waals surface area contributed by atoms with Crippen molar-refractivity contribution in [2.45, 2.75) is 52.2 Å². The molecule has 0 bridgehead atoms. The molecule has 0 aliphatic heterocycles. The van der Waals surface area contributed by atoms with Gasteiger partial charge in [0.05, 0.1) is 12.2 Å². The fourth-order valence-electron chi connectivity index (χ4n) is 2.72. The molecule has 0 saturated carbocycles. The third-order valence-corrected chi connectivity index (χ3v) is 3.86. The topological polar surface area (TPSA) is 59.0 Å². The van der Waals surface area contributed by atoms with E-state index in [2.05, 4.69) is 48.6 Å². The van der Waals surface area contributed by atoms with E-state index in [-0.39, 0.29) is 11.9 Å². The van der Waals surface area contributed by atoms with Gasteiger partial charge in [-0.05, 0) is 23.6 Å². The summed E-state index contributed by atoms with van der Waals surface area (Å²) >= 11 is 0. The molecule has 1 unspecified atom stereocenters. The number of hydrogen-bond donors (Lipinski definition) is 2. The minimum Gasteiger partial charge on any atom is -0.351 e. The zero-order chi connectivity index (χ0) is 17.5. The number of benzene rings is 1. The van der Waals surface area contributed by atoms with Crippen LogP contribution in [-0.4, -0.2) is 27.8 Å². The van der Waals surface area contributed by atoms with Gasteiger partial charge in [0.15, 0.2) is 0 Å². The Kier molecular flexibility index (Phi) is 6.55. The van der Waals surface area contributed by atoms with Crippen molar-refractivity contribution in [1.29, 1.82) is 0 Å². The Morgan fingerprint density at radius 1 is 1.29 bits per heavy atom. The Morgan fingerprint density at radius 3 is 2.71 bits per heavy atom. The molecule has 1 amide bonds. The van der Waals surface area contributed by atoms with Gasteiger partial charge >= 0.3 is 0 Å². The fourth-order valence-corrected chi connectivity index (χ4v) is 2.72. The van der Waals surface area contributed by atoms with Crippen molar-refractivity contribution in [2.24, 2.45) is 7.05 Å². The standard InChI is InChI=1S/C19H28N4O/c1-5-7-18(22-14(2)3)19(24)20-11-15-8-6-9-16(10-15)17-12-21-23(4)13-17/h6,8-10,12-14,18,22H,5,7,11H2,1-4H3,(H,20,24). The minimum atomic E-state index is -0.128. The molecule has 2 aromatic rings. The predicted molar refractivity (Wildman–Crippen MR) is 97.5 cm³/mol. The molecule has 5 nitrogen and oxygen atoms in total. The van der Waals surface area contributed by atoms with E-state index in [0.29, 0.717) is 12.6 Å². The van der Waals surface area contributed by atoms with Crippen LogP contribution in [0.3, 0.4) is 0 Å². The van der Waals surface area contributed by atoms with Gasteiger partial charge in [-0.2, -0.15) is 5.10 Å². The van der Waals surface area contributed by atoms with Crippen LogP contribution in [0.1, 0.15) is 39.2 Å². The zero-order valence-electron chi connectivity index (χ0n) is 15.0. The average Bonchev–Trinajstić information content (AvgIpc) is 2.98. The van der Waals surface area contributed by atoms with Crippen molar-refractivity contribution in [1.82, 2.24) is 20.4 Å². The first kappa shape index (κ1) is 18.2. The molecule has 0 spiro atoms. The first-order valence-corrected chi connectivity index (χ1v) is 8.61. The molecular weight excluding hydrogens is 300 g/mol. The molecule has 0 fully saturated rings. The summed E-state index contributed by atoms with van der Waals surface area (Å²) in [5.74, 6) is 0.0670. The third kappa shape index (κ3) is 5.20. The maximum absolute atomic E-state index is 12.4. The van der Waals surface area contributed by atoms with Crippen LogP contribution in [0.25, 0.3) is 11.1 Å². The number of carbonyl (C=O) groups excluding carboxylic acids is 1. The van der Waals surface area contributed by atoms with Gasteiger partial charge in [-0.15, -0.1) is 0 Å². The second kappa shape index (κ2) is 8.64. The number of hydrogen-bond acceptors (Lipinski definition) is 3. The lowest BCUT2D eigenvalue weighted by Gasteiger charge is -2.20. The van der Waals surface area contributed by atoms with Crippen LogP contribution in [0.2, 0.25) is 0 Å². The predicted octanol–water partition coefficient (Wildman–Crippen LogP) is 2.87. The summed E-state index contributed by atoms with van der Waals surface area (Å²) < 4.78 is 1.79. The van der Waals surface area contributed by atoms with Gasteiger partial charge in [0.25, 0.3) is 0 Å². The number of nitrogens with zero attached hydrogens (tertiary/aromatic N) is 2. The van der Waals surface area contributed by atoms with Crippen molar-refractivity contribution in [2.75, 3.05) is 0 Å². The number of aryl methyl sites for hydroxylation is 1. The summed E-state index contributed by atoms with van der Waals surface area (Å²) in [5, 5.41) is 10.6. The van der Waals surface area contributed by atoms with Crippen LogP contribution < -0.4 is 10.6 Å². The van der Waals surface area contributed by atoms with Crippen LogP contribution in [0, 0.1) is 0 Å². The summed E-state index contributed by atoms with van der Waals surface area (Å²) in [6, 6.07) is 8.37. The van der Waals surface area contributed by atoms with E-state index >= 15 is 0 Å². The lowest BCUT2D eigenvalue weighted by Crippen LogP contribution is -2.46. The minimum absolute atomic E-state index is 0.0670. The highest BCUT2D eigenvalue weighted by atomic mass is 16.2. The van der Waals surface area contributed by atoms with Gasteiger partial charge in [-0.25, -0.2) is 0 Å². The number of rotatable bonds is 8. The molecule has 24 heavy (non-hydrogen) atoms. The van der Waals surface area contributed by atoms with E-state index in [1.807, 2.05) is 31.6 Å². The normalized spacial score (nSPS) is 12.4. The molecule has 1 atom stereocenters. The van der Waals surface area contributed by atoms with Crippen molar-refractivity contribution >= 4 is 5.91 Å². The lowest BCUT2D eigenvalue weighted by atomic mass is 10.1. The van der Waals surface area contributed by atoms with Gasteiger partial charge in [0.2, 0.25) is 5.91 Å². The Hall–Kier alpha value is -2.14. The number of carbonyl (C=O) groups is 1.